The first-order chi connectivity index (χ1) is 15.2. The predicted octanol–water partition coefficient (Wildman–Crippen LogP) is 2.19. The van der Waals surface area contributed by atoms with Crippen LogP contribution in [0.2, 0.25) is 0 Å². The number of benzene rings is 1. The van der Waals surface area contributed by atoms with E-state index >= 15 is 0 Å². The second-order valence-corrected chi connectivity index (χ2v) is 10.0. The van der Waals surface area contributed by atoms with E-state index in [1.165, 1.54) is 10.6 Å². The fourth-order valence-corrected chi connectivity index (χ4v) is 4.42. The third-order valence-electron chi connectivity index (χ3n) is 5.45. The molecule has 1 fully saturated rings. The number of sulfonamides is 1. The van der Waals surface area contributed by atoms with Gasteiger partial charge < -0.3 is 14.4 Å². The van der Waals surface area contributed by atoms with E-state index in [-0.39, 0.29) is 6.54 Å². The molecule has 32 heavy (non-hydrogen) atoms. The number of anilines is 1. The topological polar surface area (TPSA) is 97.8 Å². The minimum atomic E-state index is -3.30. The van der Waals surface area contributed by atoms with Crippen molar-refractivity contribution in [2.75, 3.05) is 44.9 Å². The minimum absolute atomic E-state index is 0.231. The summed E-state index contributed by atoms with van der Waals surface area (Å²) in [6.07, 6.45) is 3.56. The van der Waals surface area contributed by atoms with Gasteiger partial charge in [0, 0.05) is 50.8 Å². The Morgan fingerprint density at radius 1 is 1.19 bits per heavy atom. The number of fused-ring (bicyclic) bond motifs is 1. The summed E-state index contributed by atoms with van der Waals surface area (Å²) in [5.41, 5.74) is 3.94. The van der Waals surface area contributed by atoms with E-state index in [2.05, 4.69) is 9.97 Å². The third-order valence-corrected chi connectivity index (χ3v) is 6.72. The Morgan fingerprint density at radius 2 is 1.91 bits per heavy atom. The highest BCUT2D eigenvalue weighted by molar-refractivity contribution is 7.88. The van der Waals surface area contributed by atoms with Crippen LogP contribution in [-0.4, -0.2) is 79.9 Å². The third kappa shape index (κ3) is 4.82. The molecule has 3 heterocycles. The Hall–Kier alpha value is -2.82. The lowest BCUT2D eigenvalue weighted by atomic mass is 10.1. The molecule has 0 N–H and O–H groups in total. The van der Waals surface area contributed by atoms with E-state index in [4.69, 9.17) is 14.5 Å². The Kier molecular flexibility index (Phi) is 6.27. The summed E-state index contributed by atoms with van der Waals surface area (Å²) in [5.74, 6) is 0.342. The lowest BCUT2D eigenvalue weighted by Gasteiger charge is -2.34. The van der Waals surface area contributed by atoms with Crippen LogP contribution in [-0.2, 0) is 14.8 Å². The Labute approximate surface area is 188 Å². The molecule has 1 aliphatic rings. The number of hydrogen-bond acceptors (Lipinski definition) is 8. The molecule has 9 nitrogen and oxygen atoms in total. The van der Waals surface area contributed by atoms with Crippen molar-refractivity contribution < 1.29 is 17.9 Å². The number of nitrogens with zero attached hydrogens (tertiary/aromatic N) is 5. The van der Waals surface area contributed by atoms with E-state index < -0.39 is 22.2 Å². The fourth-order valence-electron chi connectivity index (χ4n) is 3.59. The largest absolute Gasteiger partial charge is 0.470 e. The van der Waals surface area contributed by atoms with Gasteiger partial charge in [0.05, 0.1) is 24.1 Å². The van der Waals surface area contributed by atoms with Gasteiger partial charge >= 0.3 is 0 Å². The van der Waals surface area contributed by atoms with E-state index in [0.29, 0.717) is 35.8 Å². The maximum atomic E-state index is 12.0. The van der Waals surface area contributed by atoms with Crippen molar-refractivity contribution in [3.8, 4) is 17.1 Å². The van der Waals surface area contributed by atoms with Gasteiger partial charge in [0.15, 0.2) is 5.52 Å². The van der Waals surface area contributed by atoms with Crippen LogP contribution >= 0.6 is 0 Å². The molecular weight excluding hydrogens is 430 g/mol. The predicted molar refractivity (Wildman–Crippen MR) is 123 cm³/mol. The molecule has 0 aliphatic carbocycles. The van der Waals surface area contributed by atoms with Crippen molar-refractivity contribution in [1.29, 1.82) is 0 Å². The second-order valence-electron chi connectivity index (χ2n) is 8.03. The fraction of sp³-hybridized carbons (Fsp3) is 0.409. The van der Waals surface area contributed by atoms with Crippen molar-refractivity contribution in [1.82, 2.24) is 19.3 Å². The first-order valence-corrected chi connectivity index (χ1v) is 12.2. The Morgan fingerprint density at radius 3 is 2.59 bits per heavy atom. The van der Waals surface area contributed by atoms with Crippen LogP contribution in [0.4, 0.5) is 5.69 Å². The normalized spacial score (nSPS) is 18.4. The molecule has 0 saturated carbocycles. The summed E-state index contributed by atoms with van der Waals surface area (Å²) in [7, 11) is 0.685. The molecule has 170 valence electrons. The molecular formula is C22H27N5O4S. The number of hydrogen-bond donors (Lipinski definition) is 0. The van der Waals surface area contributed by atoms with Crippen molar-refractivity contribution >= 4 is 26.7 Å². The maximum Gasteiger partial charge on any atom is 0.243 e. The van der Waals surface area contributed by atoms with Gasteiger partial charge in [-0.15, -0.1) is 0 Å². The first kappa shape index (κ1) is 22.4. The number of pyridine rings is 1. The van der Waals surface area contributed by atoms with Crippen LogP contribution < -0.4 is 9.64 Å². The van der Waals surface area contributed by atoms with E-state index in [0.717, 1.165) is 11.3 Å². The van der Waals surface area contributed by atoms with Gasteiger partial charge in [-0.05, 0) is 25.1 Å². The van der Waals surface area contributed by atoms with Gasteiger partial charge in [-0.3, -0.25) is 4.98 Å². The molecule has 1 aromatic carbocycles. The number of rotatable bonds is 6. The summed E-state index contributed by atoms with van der Waals surface area (Å²) < 4.78 is 37.3. The van der Waals surface area contributed by atoms with E-state index in [1.807, 2.05) is 56.3 Å². The van der Waals surface area contributed by atoms with Crippen molar-refractivity contribution in [2.24, 2.45) is 0 Å². The second kappa shape index (κ2) is 8.97. The van der Waals surface area contributed by atoms with Crippen molar-refractivity contribution in [2.45, 2.75) is 19.1 Å². The molecule has 3 aromatic rings. The molecule has 2 atom stereocenters. The molecule has 0 bridgehead atoms. The number of aromatic nitrogens is 3. The molecule has 0 amide bonds. The smallest absolute Gasteiger partial charge is 0.243 e. The average molecular weight is 458 g/mol. The van der Waals surface area contributed by atoms with Crippen molar-refractivity contribution in [3.63, 3.8) is 0 Å². The van der Waals surface area contributed by atoms with E-state index in [9.17, 15) is 8.42 Å². The Balaban J connectivity index is 1.64. The highest BCUT2D eigenvalue weighted by Gasteiger charge is 2.31. The first-order valence-electron chi connectivity index (χ1n) is 10.4. The molecule has 1 saturated heterocycles. The SMILES string of the molecule is CC(Oc1nc(-c2ccc(N(C)C)cc2)cc2nccnc12)[C@H]1CN(S(C)(=O)=O)CCO1. The van der Waals surface area contributed by atoms with Gasteiger partial charge in [0.1, 0.15) is 12.2 Å². The van der Waals surface area contributed by atoms with Crippen LogP contribution in [0.5, 0.6) is 5.88 Å². The summed E-state index contributed by atoms with van der Waals surface area (Å²) in [6, 6.07) is 9.93. The highest BCUT2D eigenvalue weighted by atomic mass is 32.2. The van der Waals surface area contributed by atoms with E-state index in [1.54, 1.807) is 12.4 Å². The van der Waals surface area contributed by atoms with Gasteiger partial charge in [-0.1, -0.05) is 12.1 Å². The zero-order valence-electron chi connectivity index (χ0n) is 18.6. The maximum absolute atomic E-state index is 12.0. The van der Waals surface area contributed by atoms with Crippen LogP contribution in [0.1, 0.15) is 6.92 Å². The summed E-state index contributed by atoms with van der Waals surface area (Å²) >= 11 is 0. The van der Waals surface area contributed by atoms with Gasteiger partial charge in [0.2, 0.25) is 15.9 Å². The molecule has 10 heteroatoms. The number of ether oxygens (including phenoxy) is 2. The molecule has 4 rings (SSSR count). The van der Waals surface area contributed by atoms with Crippen LogP contribution in [0.25, 0.3) is 22.3 Å². The molecule has 1 unspecified atom stereocenters. The summed E-state index contributed by atoms with van der Waals surface area (Å²) in [6.45, 7) is 2.74. The van der Waals surface area contributed by atoms with Crippen molar-refractivity contribution in [3.05, 3.63) is 42.7 Å². The average Bonchev–Trinajstić information content (AvgIpc) is 2.78. The number of morpholine rings is 1. The van der Waals surface area contributed by atoms with Gasteiger partial charge in [-0.2, -0.15) is 4.31 Å². The highest BCUT2D eigenvalue weighted by Crippen LogP contribution is 2.29. The zero-order chi connectivity index (χ0) is 22.9. The molecule has 2 aromatic heterocycles. The summed E-state index contributed by atoms with van der Waals surface area (Å²) in [4.78, 5) is 15.6. The van der Waals surface area contributed by atoms with Gasteiger partial charge in [-0.25, -0.2) is 18.4 Å². The Bertz CT molecular complexity index is 1200. The zero-order valence-corrected chi connectivity index (χ0v) is 19.4. The lowest BCUT2D eigenvalue weighted by Crippen LogP contribution is -2.50. The molecule has 1 aliphatic heterocycles. The summed E-state index contributed by atoms with van der Waals surface area (Å²) in [5, 5.41) is 0. The minimum Gasteiger partial charge on any atom is -0.470 e. The lowest BCUT2D eigenvalue weighted by molar-refractivity contribution is -0.0566. The molecule has 0 spiro atoms. The van der Waals surface area contributed by atoms with Crippen LogP contribution in [0.3, 0.4) is 0 Å². The monoisotopic (exact) mass is 457 g/mol. The van der Waals surface area contributed by atoms with Crippen LogP contribution in [0, 0.1) is 0 Å². The van der Waals surface area contributed by atoms with Crippen LogP contribution in [0.15, 0.2) is 42.7 Å². The molecule has 0 radical (unpaired) electrons. The van der Waals surface area contributed by atoms with Gasteiger partial charge in [0.25, 0.3) is 0 Å². The standard InChI is InChI=1S/C22H27N5O4S/c1-15(20-14-27(11-12-30-20)32(4,28)29)31-22-21-19(23-9-10-24-21)13-18(25-22)16-5-7-17(8-6-16)26(2)3/h5-10,13,15,20H,11-12,14H2,1-4H3/t15?,20-/m1/s1. The quantitative estimate of drug-likeness (QED) is 0.556.